The molecular weight excluding hydrogens is 304 g/mol. The lowest BCUT2D eigenvalue weighted by Crippen LogP contribution is -2.30. The van der Waals surface area contributed by atoms with Crippen molar-refractivity contribution in [3.05, 3.63) is 29.1 Å². The third-order valence-corrected chi connectivity index (χ3v) is 4.50. The lowest BCUT2D eigenvalue weighted by molar-refractivity contribution is -0.129. The Morgan fingerprint density at radius 2 is 2.27 bits per heavy atom. The van der Waals surface area contributed by atoms with E-state index in [4.69, 9.17) is 16.3 Å². The number of alkyl halides is 1. The predicted molar refractivity (Wildman–Crippen MR) is 83.1 cm³/mol. The van der Waals surface area contributed by atoms with Crippen molar-refractivity contribution in [1.29, 1.82) is 0 Å². The molecule has 0 saturated heterocycles. The number of Topliss-reactive ketones (excluding diaryl/α,β-unsaturated/α-hetero) is 1. The Kier molecular flexibility index (Phi) is 3.91. The summed E-state index contributed by atoms with van der Waals surface area (Å²) in [5.41, 5.74) is 3.02. The highest BCUT2D eigenvalue weighted by molar-refractivity contribution is 6.17. The van der Waals surface area contributed by atoms with Crippen LogP contribution < -0.4 is 0 Å². The van der Waals surface area contributed by atoms with Crippen LogP contribution in [0.25, 0.3) is 11.0 Å². The average Bonchev–Trinajstić information content (AvgIpc) is 2.88. The predicted octanol–water partition coefficient (Wildman–Crippen LogP) is 2.85. The Labute approximate surface area is 133 Å². The number of hydrogen-bond acceptors (Lipinski definition) is 4. The first-order valence-electron chi connectivity index (χ1n) is 7.22. The van der Waals surface area contributed by atoms with Gasteiger partial charge in [-0.3, -0.25) is 4.79 Å². The van der Waals surface area contributed by atoms with E-state index in [1.807, 2.05) is 11.5 Å². The number of carbonyl (C=O) groups is 2. The van der Waals surface area contributed by atoms with Gasteiger partial charge in [0.1, 0.15) is 11.6 Å². The van der Waals surface area contributed by atoms with Crippen molar-refractivity contribution < 1.29 is 14.3 Å². The van der Waals surface area contributed by atoms with E-state index in [0.29, 0.717) is 18.5 Å². The molecule has 1 aliphatic rings. The van der Waals surface area contributed by atoms with Gasteiger partial charge in [-0.1, -0.05) is 0 Å². The van der Waals surface area contributed by atoms with Gasteiger partial charge in [0.05, 0.1) is 29.6 Å². The first kappa shape index (κ1) is 15.0. The van der Waals surface area contributed by atoms with Gasteiger partial charge in [0.25, 0.3) is 0 Å². The van der Waals surface area contributed by atoms with Crippen LogP contribution in [0.2, 0.25) is 0 Å². The van der Waals surface area contributed by atoms with Gasteiger partial charge in [-0.2, -0.15) is 0 Å². The third-order valence-electron chi connectivity index (χ3n) is 4.26. The molecule has 1 heterocycles. The molecule has 0 N–H and O–H groups in total. The minimum atomic E-state index is -0.384. The maximum Gasteiger partial charge on any atom is 0.337 e. The summed E-state index contributed by atoms with van der Waals surface area (Å²) in [4.78, 5) is 28.0. The third kappa shape index (κ3) is 2.39. The van der Waals surface area contributed by atoms with Crippen LogP contribution in [0.1, 0.15) is 34.6 Å². The lowest BCUT2D eigenvalue weighted by atomic mass is 9.84. The summed E-state index contributed by atoms with van der Waals surface area (Å²) in [6.07, 6.45) is 1.55. The van der Waals surface area contributed by atoms with E-state index >= 15 is 0 Å². The quantitative estimate of drug-likeness (QED) is 0.642. The molecule has 0 bridgehead atoms. The Morgan fingerprint density at radius 1 is 1.50 bits per heavy atom. The Hall–Kier alpha value is -1.88. The summed E-state index contributed by atoms with van der Waals surface area (Å²) < 4.78 is 6.76. The van der Waals surface area contributed by atoms with Crippen LogP contribution in [-0.4, -0.2) is 28.4 Å². The largest absolute Gasteiger partial charge is 0.465 e. The standard InChI is InChI=1S/C16H17ClN2O3/c1-9-5-11(16(21)22-2)6-12-15(9)18-14(7-17)19(12)8-10-3-4-13(10)20/h5-6,10H,3-4,7-8H2,1-2H3. The Balaban J connectivity index is 2.12. The number of nitrogens with zero attached hydrogens (tertiary/aromatic N) is 2. The first-order valence-corrected chi connectivity index (χ1v) is 7.75. The fraction of sp³-hybridized carbons (Fsp3) is 0.438. The number of fused-ring (bicyclic) bond motifs is 1. The number of methoxy groups -OCH3 is 1. The van der Waals surface area contributed by atoms with Crippen LogP contribution >= 0.6 is 11.6 Å². The summed E-state index contributed by atoms with van der Waals surface area (Å²) in [7, 11) is 1.36. The van der Waals surface area contributed by atoms with Crippen molar-refractivity contribution in [3.8, 4) is 0 Å². The SMILES string of the molecule is COC(=O)c1cc(C)c2nc(CCl)n(CC3CCC3=O)c2c1. The van der Waals surface area contributed by atoms with Crippen LogP contribution in [0.3, 0.4) is 0 Å². The van der Waals surface area contributed by atoms with Crippen molar-refractivity contribution in [2.45, 2.75) is 32.2 Å². The molecule has 5 nitrogen and oxygen atoms in total. The van der Waals surface area contributed by atoms with Crippen molar-refractivity contribution in [3.63, 3.8) is 0 Å². The molecule has 1 saturated carbocycles. The highest BCUT2D eigenvalue weighted by Crippen LogP contribution is 2.29. The molecule has 1 fully saturated rings. The molecule has 1 unspecified atom stereocenters. The second-order valence-corrected chi connectivity index (χ2v) is 5.89. The topological polar surface area (TPSA) is 61.2 Å². The summed E-state index contributed by atoms with van der Waals surface area (Å²) in [5.74, 6) is 0.916. The second kappa shape index (κ2) is 5.72. The molecule has 6 heteroatoms. The zero-order chi connectivity index (χ0) is 15.9. The molecule has 1 aromatic carbocycles. The molecule has 2 aromatic rings. The molecular formula is C16H17ClN2O3. The van der Waals surface area contributed by atoms with Gasteiger partial charge in [-0.25, -0.2) is 9.78 Å². The number of esters is 1. The molecule has 22 heavy (non-hydrogen) atoms. The lowest BCUT2D eigenvalue weighted by Gasteiger charge is -2.25. The summed E-state index contributed by atoms with van der Waals surface area (Å²) in [5, 5.41) is 0. The highest BCUT2D eigenvalue weighted by Gasteiger charge is 2.29. The van der Waals surface area contributed by atoms with Gasteiger partial charge in [-0.05, 0) is 31.0 Å². The average molecular weight is 321 g/mol. The number of aryl methyl sites for hydroxylation is 1. The zero-order valence-corrected chi connectivity index (χ0v) is 13.3. The van der Waals surface area contributed by atoms with E-state index in [0.717, 1.165) is 28.8 Å². The van der Waals surface area contributed by atoms with Gasteiger partial charge < -0.3 is 9.30 Å². The van der Waals surface area contributed by atoms with E-state index in [1.54, 1.807) is 12.1 Å². The van der Waals surface area contributed by atoms with Gasteiger partial charge in [0.15, 0.2) is 0 Å². The van der Waals surface area contributed by atoms with Crippen LogP contribution in [0.15, 0.2) is 12.1 Å². The monoisotopic (exact) mass is 320 g/mol. The molecule has 116 valence electrons. The fourth-order valence-electron chi connectivity index (χ4n) is 2.86. The van der Waals surface area contributed by atoms with E-state index in [1.165, 1.54) is 7.11 Å². The van der Waals surface area contributed by atoms with Crippen molar-refractivity contribution in [2.24, 2.45) is 5.92 Å². The van der Waals surface area contributed by atoms with E-state index in [9.17, 15) is 9.59 Å². The number of ether oxygens (including phenoxy) is 1. The number of carbonyl (C=O) groups excluding carboxylic acids is 2. The Morgan fingerprint density at radius 3 is 2.82 bits per heavy atom. The van der Waals surface area contributed by atoms with Crippen LogP contribution in [0.4, 0.5) is 0 Å². The number of imidazole rings is 1. The number of rotatable bonds is 4. The molecule has 1 atom stereocenters. The fourth-order valence-corrected chi connectivity index (χ4v) is 3.07. The smallest absolute Gasteiger partial charge is 0.337 e. The number of aromatic nitrogens is 2. The van der Waals surface area contributed by atoms with Gasteiger partial charge >= 0.3 is 5.97 Å². The van der Waals surface area contributed by atoms with Gasteiger partial charge in [0.2, 0.25) is 0 Å². The molecule has 0 radical (unpaired) electrons. The van der Waals surface area contributed by atoms with Crippen molar-refractivity contribution >= 4 is 34.4 Å². The highest BCUT2D eigenvalue weighted by atomic mass is 35.5. The number of hydrogen-bond donors (Lipinski definition) is 0. The van der Waals surface area contributed by atoms with Crippen LogP contribution in [-0.2, 0) is 22.0 Å². The van der Waals surface area contributed by atoms with E-state index in [-0.39, 0.29) is 23.6 Å². The van der Waals surface area contributed by atoms with E-state index in [2.05, 4.69) is 4.98 Å². The Bertz CT molecular complexity index is 766. The number of halogens is 1. The van der Waals surface area contributed by atoms with Gasteiger partial charge in [0, 0.05) is 18.9 Å². The molecule has 0 spiro atoms. The molecule has 0 aliphatic heterocycles. The molecule has 1 aromatic heterocycles. The minimum absolute atomic E-state index is 0.0291. The summed E-state index contributed by atoms with van der Waals surface area (Å²) in [6, 6.07) is 3.53. The number of ketones is 1. The second-order valence-electron chi connectivity index (χ2n) is 5.63. The molecule has 1 aliphatic carbocycles. The maximum absolute atomic E-state index is 11.8. The van der Waals surface area contributed by atoms with E-state index < -0.39 is 0 Å². The summed E-state index contributed by atoms with van der Waals surface area (Å²) >= 11 is 6.01. The van der Waals surface area contributed by atoms with Crippen LogP contribution in [0.5, 0.6) is 0 Å². The summed E-state index contributed by atoms with van der Waals surface area (Å²) in [6.45, 7) is 2.47. The first-order chi connectivity index (χ1) is 10.5. The van der Waals surface area contributed by atoms with Crippen molar-refractivity contribution in [1.82, 2.24) is 9.55 Å². The van der Waals surface area contributed by atoms with Gasteiger partial charge in [-0.15, -0.1) is 11.6 Å². The minimum Gasteiger partial charge on any atom is -0.465 e. The molecule has 3 rings (SSSR count). The van der Waals surface area contributed by atoms with Crippen molar-refractivity contribution in [2.75, 3.05) is 7.11 Å². The molecule has 0 amide bonds. The zero-order valence-electron chi connectivity index (χ0n) is 12.6. The number of benzene rings is 1. The van der Waals surface area contributed by atoms with Crippen LogP contribution in [0, 0.1) is 12.8 Å². The normalized spacial score (nSPS) is 17.6. The maximum atomic E-state index is 11.8.